The first-order valence-corrected chi connectivity index (χ1v) is 13.5. The molecule has 1 aliphatic rings. The van der Waals surface area contributed by atoms with Crippen molar-refractivity contribution >= 4 is 27.7 Å². The SMILES string of the molecule is Cc1ccc(S(=O)(=O)N2CCN(CC(=O)NCCSCc3ccccc3C#N)CC2)c(C)c1. The number of benzene rings is 2. The number of nitriles is 1. The van der Waals surface area contributed by atoms with Gasteiger partial charge in [-0.05, 0) is 37.1 Å². The summed E-state index contributed by atoms with van der Waals surface area (Å²) >= 11 is 1.67. The molecule has 7 nitrogen and oxygen atoms in total. The average Bonchev–Trinajstić information content (AvgIpc) is 2.79. The second-order valence-electron chi connectivity index (χ2n) is 8.12. The Labute approximate surface area is 200 Å². The van der Waals surface area contributed by atoms with Gasteiger partial charge in [-0.25, -0.2) is 8.42 Å². The Morgan fingerprint density at radius 1 is 1.12 bits per heavy atom. The molecular weight excluding hydrogens is 456 g/mol. The van der Waals surface area contributed by atoms with Crippen molar-refractivity contribution in [2.75, 3.05) is 45.0 Å². The maximum atomic E-state index is 13.0. The third-order valence-corrected chi connectivity index (χ3v) is 8.68. The van der Waals surface area contributed by atoms with Gasteiger partial charge in [0, 0.05) is 44.2 Å². The first-order valence-electron chi connectivity index (χ1n) is 10.9. The van der Waals surface area contributed by atoms with E-state index in [0.29, 0.717) is 43.2 Å². The van der Waals surface area contributed by atoms with Crippen LogP contribution in [0.1, 0.15) is 22.3 Å². The van der Waals surface area contributed by atoms with E-state index in [2.05, 4.69) is 11.4 Å². The van der Waals surface area contributed by atoms with Crippen LogP contribution in [0.3, 0.4) is 0 Å². The molecule has 33 heavy (non-hydrogen) atoms. The molecule has 0 atom stereocenters. The van der Waals surface area contributed by atoms with Gasteiger partial charge in [0.05, 0.1) is 23.1 Å². The molecule has 0 unspecified atom stereocenters. The molecule has 0 aromatic heterocycles. The Hall–Kier alpha value is -2.38. The number of amides is 1. The Kier molecular flexibility index (Phi) is 8.92. The number of thioether (sulfide) groups is 1. The number of carbonyl (C=O) groups is 1. The Bertz CT molecular complexity index is 1120. The lowest BCUT2D eigenvalue weighted by molar-refractivity contribution is -0.122. The lowest BCUT2D eigenvalue weighted by atomic mass is 10.1. The van der Waals surface area contributed by atoms with E-state index < -0.39 is 10.0 Å². The smallest absolute Gasteiger partial charge is 0.243 e. The van der Waals surface area contributed by atoms with Crippen LogP contribution < -0.4 is 5.32 Å². The predicted octanol–water partition coefficient (Wildman–Crippen LogP) is 2.53. The van der Waals surface area contributed by atoms with Gasteiger partial charge in [-0.15, -0.1) is 0 Å². The second-order valence-corrected chi connectivity index (χ2v) is 11.1. The van der Waals surface area contributed by atoms with E-state index in [-0.39, 0.29) is 12.5 Å². The fourth-order valence-electron chi connectivity index (χ4n) is 3.81. The third kappa shape index (κ3) is 6.81. The monoisotopic (exact) mass is 486 g/mol. The molecule has 2 aromatic carbocycles. The quantitative estimate of drug-likeness (QED) is 0.548. The second kappa shape index (κ2) is 11.7. The van der Waals surface area contributed by atoms with Crippen molar-refractivity contribution in [3.05, 3.63) is 64.7 Å². The zero-order valence-electron chi connectivity index (χ0n) is 19.1. The summed E-state index contributed by atoms with van der Waals surface area (Å²) in [6.45, 7) is 6.38. The topological polar surface area (TPSA) is 93.5 Å². The molecule has 0 spiro atoms. The molecule has 0 bridgehead atoms. The number of nitrogens with zero attached hydrogens (tertiary/aromatic N) is 3. The molecule has 1 saturated heterocycles. The lowest BCUT2D eigenvalue weighted by Gasteiger charge is -2.33. The van der Waals surface area contributed by atoms with E-state index in [0.717, 1.165) is 28.2 Å². The third-order valence-electron chi connectivity index (χ3n) is 5.61. The first-order chi connectivity index (χ1) is 15.8. The molecule has 2 aromatic rings. The standard InChI is InChI=1S/C24H30N4O3S2/c1-19-7-8-23(20(2)15-19)33(30,31)28-12-10-27(11-13-28)17-24(29)26-9-14-32-18-22-6-4-3-5-21(22)16-25/h3-8,15H,9-14,17-18H2,1-2H3,(H,26,29). The minimum Gasteiger partial charge on any atom is -0.354 e. The van der Waals surface area contributed by atoms with Crippen LogP contribution >= 0.6 is 11.8 Å². The predicted molar refractivity (Wildman–Crippen MR) is 131 cm³/mol. The minimum atomic E-state index is -3.53. The molecule has 3 rings (SSSR count). The van der Waals surface area contributed by atoms with Crippen LogP contribution in [0, 0.1) is 25.2 Å². The summed E-state index contributed by atoms with van der Waals surface area (Å²) in [5.74, 6) is 1.43. The average molecular weight is 487 g/mol. The highest BCUT2D eigenvalue weighted by atomic mass is 32.2. The number of sulfonamides is 1. The molecule has 0 radical (unpaired) electrons. The van der Waals surface area contributed by atoms with Crippen LogP contribution in [0.15, 0.2) is 47.4 Å². The van der Waals surface area contributed by atoms with E-state index in [1.54, 1.807) is 17.8 Å². The van der Waals surface area contributed by atoms with Gasteiger partial charge in [0.2, 0.25) is 15.9 Å². The van der Waals surface area contributed by atoms with Crippen LogP contribution in [0.25, 0.3) is 0 Å². The van der Waals surface area contributed by atoms with Gasteiger partial charge in [0.1, 0.15) is 0 Å². The fourth-order valence-corrected chi connectivity index (χ4v) is 6.31. The van der Waals surface area contributed by atoms with Crippen molar-refractivity contribution in [3.63, 3.8) is 0 Å². The lowest BCUT2D eigenvalue weighted by Crippen LogP contribution is -2.51. The summed E-state index contributed by atoms with van der Waals surface area (Å²) in [4.78, 5) is 14.6. The Balaban J connectivity index is 1.38. The summed E-state index contributed by atoms with van der Waals surface area (Å²) < 4.78 is 27.5. The molecule has 0 aliphatic carbocycles. The minimum absolute atomic E-state index is 0.0567. The van der Waals surface area contributed by atoms with Gasteiger partial charge in [-0.2, -0.15) is 21.3 Å². The van der Waals surface area contributed by atoms with Crippen molar-refractivity contribution in [1.82, 2.24) is 14.5 Å². The van der Waals surface area contributed by atoms with Crippen LogP contribution in [0.2, 0.25) is 0 Å². The summed E-state index contributed by atoms with van der Waals surface area (Å²) in [6.07, 6.45) is 0. The number of aryl methyl sites for hydroxylation is 2. The van der Waals surface area contributed by atoms with Crippen LogP contribution in [-0.4, -0.2) is 68.6 Å². The maximum Gasteiger partial charge on any atom is 0.243 e. The summed E-state index contributed by atoms with van der Waals surface area (Å²) in [6, 6.07) is 15.1. The highest BCUT2D eigenvalue weighted by Gasteiger charge is 2.30. The molecule has 176 valence electrons. The zero-order valence-corrected chi connectivity index (χ0v) is 20.7. The number of hydrogen-bond donors (Lipinski definition) is 1. The summed E-state index contributed by atoms with van der Waals surface area (Å²) in [5, 5.41) is 12.1. The molecule has 1 N–H and O–H groups in total. The van der Waals surface area contributed by atoms with Crippen molar-refractivity contribution in [2.45, 2.75) is 24.5 Å². The largest absolute Gasteiger partial charge is 0.354 e. The zero-order chi connectivity index (χ0) is 23.8. The van der Waals surface area contributed by atoms with Crippen molar-refractivity contribution < 1.29 is 13.2 Å². The van der Waals surface area contributed by atoms with Gasteiger partial charge in [-0.3, -0.25) is 9.69 Å². The number of rotatable bonds is 9. The number of piperazine rings is 1. The van der Waals surface area contributed by atoms with Gasteiger partial charge in [0.15, 0.2) is 0 Å². The molecule has 1 aliphatic heterocycles. The van der Waals surface area contributed by atoms with Crippen molar-refractivity contribution in [1.29, 1.82) is 5.26 Å². The molecule has 1 amide bonds. The van der Waals surface area contributed by atoms with E-state index in [1.807, 2.05) is 55.1 Å². The van der Waals surface area contributed by atoms with Gasteiger partial charge in [-0.1, -0.05) is 35.9 Å². The summed E-state index contributed by atoms with van der Waals surface area (Å²) in [7, 11) is -3.53. The van der Waals surface area contributed by atoms with Gasteiger partial charge in [0.25, 0.3) is 0 Å². The fraction of sp³-hybridized carbons (Fsp3) is 0.417. The highest BCUT2D eigenvalue weighted by molar-refractivity contribution is 7.98. The Morgan fingerprint density at radius 3 is 2.55 bits per heavy atom. The Morgan fingerprint density at radius 2 is 1.85 bits per heavy atom. The van der Waals surface area contributed by atoms with E-state index >= 15 is 0 Å². The van der Waals surface area contributed by atoms with E-state index in [4.69, 9.17) is 5.26 Å². The molecule has 0 saturated carbocycles. The normalized spacial score (nSPS) is 15.2. The van der Waals surface area contributed by atoms with Crippen LogP contribution in [-0.2, 0) is 20.6 Å². The first kappa shape index (κ1) is 25.2. The number of hydrogen-bond acceptors (Lipinski definition) is 6. The van der Waals surface area contributed by atoms with Crippen LogP contribution in [0.4, 0.5) is 0 Å². The molecule has 1 fully saturated rings. The van der Waals surface area contributed by atoms with Gasteiger partial charge < -0.3 is 5.32 Å². The molecule has 9 heteroatoms. The number of carbonyl (C=O) groups excluding carboxylic acids is 1. The maximum absolute atomic E-state index is 13.0. The van der Waals surface area contributed by atoms with E-state index in [1.165, 1.54) is 4.31 Å². The van der Waals surface area contributed by atoms with Crippen molar-refractivity contribution in [3.8, 4) is 6.07 Å². The van der Waals surface area contributed by atoms with Crippen LogP contribution in [0.5, 0.6) is 0 Å². The van der Waals surface area contributed by atoms with E-state index in [9.17, 15) is 13.2 Å². The summed E-state index contributed by atoms with van der Waals surface area (Å²) in [5.41, 5.74) is 3.48. The molecular formula is C24H30N4O3S2. The highest BCUT2D eigenvalue weighted by Crippen LogP contribution is 2.22. The number of nitrogens with one attached hydrogen (secondary N) is 1. The van der Waals surface area contributed by atoms with Crippen molar-refractivity contribution in [2.24, 2.45) is 0 Å². The van der Waals surface area contributed by atoms with Gasteiger partial charge >= 0.3 is 0 Å². The molecule has 1 heterocycles.